The summed E-state index contributed by atoms with van der Waals surface area (Å²) in [5.74, 6) is -1.89. The first-order valence-corrected chi connectivity index (χ1v) is 7.55. The molecule has 0 radical (unpaired) electrons. The fourth-order valence-corrected chi connectivity index (χ4v) is 3.43. The number of nitrogens with one attached hydrogen (secondary N) is 1. The standard InChI is InChI=1S/C16H18F2N2O2/c17-12-4-1-5-13(18)11(12)10-20-9-3-7-16(15(20)22)6-2-8-19-14(16)21/h1,4-5H,2-3,6-10H2,(H,19,21). The summed E-state index contributed by atoms with van der Waals surface area (Å²) in [7, 11) is 0. The summed E-state index contributed by atoms with van der Waals surface area (Å²) in [5, 5.41) is 2.75. The van der Waals surface area contributed by atoms with Gasteiger partial charge in [0, 0.05) is 18.7 Å². The van der Waals surface area contributed by atoms with Crippen LogP contribution in [-0.4, -0.2) is 29.8 Å². The van der Waals surface area contributed by atoms with Crippen LogP contribution in [0.1, 0.15) is 31.2 Å². The fraction of sp³-hybridized carbons (Fsp3) is 0.500. The van der Waals surface area contributed by atoms with E-state index in [1.54, 1.807) is 0 Å². The van der Waals surface area contributed by atoms with E-state index < -0.39 is 17.0 Å². The van der Waals surface area contributed by atoms with Crippen molar-refractivity contribution < 1.29 is 18.4 Å². The Bertz CT molecular complexity index is 596. The molecule has 22 heavy (non-hydrogen) atoms. The zero-order valence-electron chi connectivity index (χ0n) is 12.2. The van der Waals surface area contributed by atoms with Gasteiger partial charge in [0.2, 0.25) is 11.8 Å². The molecule has 2 amide bonds. The number of rotatable bonds is 2. The Balaban J connectivity index is 1.86. The lowest BCUT2D eigenvalue weighted by molar-refractivity contribution is -0.157. The molecule has 0 aromatic heterocycles. The molecule has 2 aliphatic heterocycles. The molecule has 1 atom stereocenters. The highest BCUT2D eigenvalue weighted by Crippen LogP contribution is 2.38. The highest BCUT2D eigenvalue weighted by Gasteiger charge is 2.50. The molecular weight excluding hydrogens is 290 g/mol. The first kappa shape index (κ1) is 14.9. The molecule has 118 valence electrons. The average Bonchev–Trinajstić information content (AvgIpc) is 2.50. The molecule has 1 aromatic carbocycles. The number of carbonyl (C=O) groups excluding carboxylic acids is 2. The van der Waals surface area contributed by atoms with Gasteiger partial charge in [0.25, 0.3) is 0 Å². The van der Waals surface area contributed by atoms with Crippen molar-refractivity contribution in [2.45, 2.75) is 32.2 Å². The lowest BCUT2D eigenvalue weighted by Gasteiger charge is -2.42. The Morgan fingerprint density at radius 2 is 1.82 bits per heavy atom. The summed E-state index contributed by atoms with van der Waals surface area (Å²) in [4.78, 5) is 26.4. The SMILES string of the molecule is O=C1NCCCC12CCCN(Cc1c(F)cccc1F)C2=O. The number of benzene rings is 1. The Kier molecular flexibility index (Phi) is 3.85. The van der Waals surface area contributed by atoms with Crippen molar-refractivity contribution in [3.8, 4) is 0 Å². The van der Waals surface area contributed by atoms with Crippen molar-refractivity contribution >= 4 is 11.8 Å². The molecule has 0 saturated carbocycles. The van der Waals surface area contributed by atoms with Crippen molar-refractivity contribution in [2.24, 2.45) is 5.41 Å². The highest BCUT2D eigenvalue weighted by molar-refractivity contribution is 6.05. The van der Waals surface area contributed by atoms with E-state index in [1.807, 2.05) is 0 Å². The summed E-state index contributed by atoms with van der Waals surface area (Å²) in [5.41, 5.74) is -1.16. The molecule has 1 unspecified atom stereocenters. The maximum atomic E-state index is 13.8. The Morgan fingerprint density at radius 1 is 1.14 bits per heavy atom. The lowest BCUT2D eigenvalue weighted by atomic mass is 9.73. The van der Waals surface area contributed by atoms with E-state index in [0.29, 0.717) is 32.4 Å². The van der Waals surface area contributed by atoms with Crippen LogP contribution in [0.25, 0.3) is 0 Å². The molecule has 3 rings (SSSR count). The van der Waals surface area contributed by atoms with Crippen molar-refractivity contribution in [1.29, 1.82) is 0 Å². The molecule has 2 saturated heterocycles. The summed E-state index contributed by atoms with van der Waals surface area (Å²) in [6.45, 7) is 0.865. The predicted octanol–water partition coefficient (Wildman–Crippen LogP) is 1.98. The Morgan fingerprint density at radius 3 is 2.50 bits per heavy atom. The van der Waals surface area contributed by atoms with Gasteiger partial charge in [0.05, 0.1) is 6.54 Å². The summed E-state index contributed by atoms with van der Waals surface area (Å²) >= 11 is 0. The van der Waals surface area contributed by atoms with E-state index in [-0.39, 0.29) is 23.9 Å². The van der Waals surface area contributed by atoms with Crippen LogP contribution in [0.5, 0.6) is 0 Å². The van der Waals surface area contributed by atoms with Gasteiger partial charge in [-0.2, -0.15) is 0 Å². The number of hydrogen-bond acceptors (Lipinski definition) is 2. The number of hydrogen-bond donors (Lipinski definition) is 1. The molecule has 1 spiro atoms. The summed E-state index contributed by atoms with van der Waals surface area (Å²) < 4.78 is 27.6. The molecule has 6 heteroatoms. The fourth-order valence-electron chi connectivity index (χ4n) is 3.43. The van der Waals surface area contributed by atoms with E-state index in [9.17, 15) is 18.4 Å². The van der Waals surface area contributed by atoms with Gasteiger partial charge < -0.3 is 10.2 Å². The number of amides is 2. The van der Waals surface area contributed by atoms with Crippen LogP contribution in [0.3, 0.4) is 0 Å². The van der Waals surface area contributed by atoms with Gasteiger partial charge in [-0.15, -0.1) is 0 Å². The number of piperidine rings is 2. The van der Waals surface area contributed by atoms with Gasteiger partial charge in [-0.25, -0.2) is 8.78 Å². The topological polar surface area (TPSA) is 49.4 Å². The molecule has 2 heterocycles. The van der Waals surface area contributed by atoms with Gasteiger partial charge in [0.1, 0.15) is 17.0 Å². The Hall–Kier alpha value is -1.98. The van der Waals surface area contributed by atoms with Gasteiger partial charge in [0.15, 0.2) is 0 Å². The van der Waals surface area contributed by atoms with Crippen molar-refractivity contribution in [3.05, 3.63) is 35.4 Å². The number of likely N-dealkylation sites (tertiary alicyclic amines) is 1. The zero-order chi connectivity index (χ0) is 15.7. The minimum atomic E-state index is -1.04. The molecule has 0 bridgehead atoms. The third-order valence-corrected chi connectivity index (χ3v) is 4.64. The van der Waals surface area contributed by atoms with E-state index in [2.05, 4.69) is 5.32 Å². The van der Waals surface area contributed by atoms with E-state index in [4.69, 9.17) is 0 Å². The first-order valence-electron chi connectivity index (χ1n) is 7.55. The highest BCUT2D eigenvalue weighted by atomic mass is 19.1. The quantitative estimate of drug-likeness (QED) is 0.849. The van der Waals surface area contributed by atoms with Crippen LogP contribution < -0.4 is 5.32 Å². The smallest absolute Gasteiger partial charge is 0.238 e. The van der Waals surface area contributed by atoms with Crippen LogP contribution in [0.15, 0.2) is 18.2 Å². The van der Waals surface area contributed by atoms with Crippen LogP contribution in [-0.2, 0) is 16.1 Å². The second-order valence-electron chi connectivity index (χ2n) is 5.97. The molecule has 0 aliphatic carbocycles. The number of halogens is 2. The molecule has 2 fully saturated rings. The summed E-state index contributed by atoms with van der Waals surface area (Å²) in [6, 6.07) is 3.65. The van der Waals surface area contributed by atoms with Crippen LogP contribution in [0.4, 0.5) is 8.78 Å². The van der Waals surface area contributed by atoms with Crippen LogP contribution in [0.2, 0.25) is 0 Å². The molecular formula is C16H18F2N2O2. The largest absolute Gasteiger partial charge is 0.355 e. The molecule has 4 nitrogen and oxygen atoms in total. The normalized spacial score (nSPS) is 25.5. The van der Waals surface area contributed by atoms with Crippen LogP contribution >= 0.6 is 0 Å². The Labute approximate surface area is 127 Å². The van der Waals surface area contributed by atoms with Gasteiger partial charge >= 0.3 is 0 Å². The predicted molar refractivity (Wildman–Crippen MR) is 75.7 cm³/mol. The van der Waals surface area contributed by atoms with Crippen molar-refractivity contribution in [1.82, 2.24) is 10.2 Å². The average molecular weight is 308 g/mol. The maximum Gasteiger partial charge on any atom is 0.238 e. The summed E-state index contributed by atoms with van der Waals surface area (Å²) in [6.07, 6.45) is 2.43. The third kappa shape index (κ3) is 2.36. The number of carbonyl (C=O) groups is 2. The van der Waals surface area contributed by atoms with Crippen molar-refractivity contribution in [2.75, 3.05) is 13.1 Å². The zero-order valence-corrected chi connectivity index (χ0v) is 12.2. The van der Waals surface area contributed by atoms with E-state index >= 15 is 0 Å². The van der Waals surface area contributed by atoms with Crippen LogP contribution in [0, 0.1) is 17.0 Å². The van der Waals surface area contributed by atoms with Gasteiger partial charge in [-0.05, 0) is 37.8 Å². The second kappa shape index (κ2) is 5.66. The maximum absolute atomic E-state index is 13.8. The number of nitrogens with zero attached hydrogens (tertiary/aromatic N) is 1. The minimum absolute atomic E-state index is 0.121. The lowest BCUT2D eigenvalue weighted by Crippen LogP contribution is -2.58. The first-order chi connectivity index (χ1) is 10.5. The monoisotopic (exact) mass is 308 g/mol. The molecule has 1 aromatic rings. The van der Waals surface area contributed by atoms with Gasteiger partial charge in [-0.3, -0.25) is 9.59 Å². The van der Waals surface area contributed by atoms with Crippen molar-refractivity contribution in [3.63, 3.8) is 0 Å². The van der Waals surface area contributed by atoms with E-state index in [0.717, 1.165) is 6.42 Å². The second-order valence-corrected chi connectivity index (χ2v) is 5.97. The minimum Gasteiger partial charge on any atom is -0.355 e. The molecule has 1 N–H and O–H groups in total. The molecule has 2 aliphatic rings. The van der Waals surface area contributed by atoms with E-state index in [1.165, 1.54) is 23.1 Å². The third-order valence-electron chi connectivity index (χ3n) is 4.64. The van der Waals surface area contributed by atoms with Gasteiger partial charge in [-0.1, -0.05) is 6.07 Å².